The van der Waals surface area contributed by atoms with Crippen LogP contribution in [0.15, 0.2) is 34.8 Å². The SMILES string of the molecule is COC(=O)c1nc2ccccc2cc1Br. The number of carbonyl (C=O) groups excluding carboxylic acids is 1. The van der Waals surface area contributed by atoms with Crippen molar-refractivity contribution < 1.29 is 9.53 Å². The third-order valence-electron chi connectivity index (χ3n) is 2.06. The summed E-state index contributed by atoms with van der Waals surface area (Å²) in [6, 6.07) is 9.45. The van der Waals surface area contributed by atoms with Crippen LogP contribution in [0.1, 0.15) is 10.5 Å². The molecule has 4 heteroatoms. The summed E-state index contributed by atoms with van der Waals surface area (Å²) in [5.74, 6) is -0.437. The van der Waals surface area contributed by atoms with Gasteiger partial charge in [0.1, 0.15) is 0 Å². The highest BCUT2D eigenvalue weighted by atomic mass is 79.9. The maximum atomic E-state index is 11.4. The summed E-state index contributed by atoms with van der Waals surface area (Å²) >= 11 is 3.30. The monoisotopic (exact) mass is 265 g/mol. The molecule has 0 N–H and O–H groups in total. The second-order valence-electron chi connectivity index (χ2n) is 3.00. The molecule has 1 heterocycles. The number of nitrogens with zero attached hydrogens (tertiary/aromatic N) is 1. The molecular weight excluding hydrogens is 258 g/mol. The highest BCUT2D eigenvalue weighted by molar-refractivity contribution is 9.10. The second kappa shape index (κ2) is 3.98. The van der Waals surface area contributed by atoms with Crippen molar-refractivity contribution in [1.82, 2.24) is 4.98 Å². The van der Waals surface area contributed by atoms with Gasteiger partial charge in [0.05, 0.1) is 17.1 Å². The lowest BCUT2D eigenvalue weighted by molar-refractivity contribution is 0.0593. The molecule has 0 amide bonds. The molecule has 0 saturated heterocycles. The van der Waals surface area contributed by atoms with E-state index < -0.39 is 5.97 Å². The molecular formula is C11H8BrNO2. The highest BCUT2D eigenvalue weighted by Gasteiger charge is 2.12. The first kappa shape index (κ1) is 10.1. The third-order valence-corrected chi connectivity index (χ3v) is 2.66. The van der Waals surface area contributed by atoms with E-state index in [-0.39, 0.29) is 0 Å². The number of halogens is 1. The number of rotatable bonds is 1. The molecule has 15 heavy (non-hydrogen) atoms. The molecule has 0 bridgehead atoms. The van der Waals surface area contributed by atoms with E-state index in [1.54, 1.807) is 0 Å². The van der Waals surface area contributed by atoms with Gasteiger partial charge >= 0.3 is 5.97 Å². The lowest BCUT2D eigenvalue weighted by atomic mass is 10.2. The molecule has 0 saturated carbocycles. The van der Waals surface area contributed by atoms with Crippen molar-refractivity contribution >= 4 is 32.8 Å². The Balaban J connectivity index is 2.67. The van der Waals surface area contributed by atoms with E-state index in [4.69, 9.17) is 0 Å². The third kappa shape index (κ3) is 1.85. The van der Waals surface area contributed by atoms with E-state index >= 15 is 0 Å². The maximum absolute atomic E-state index is 11.4. The number of pyridine rings is 1. The van der Waals surface area contributed by atoms with E-state index in [0.717, 1.165) is 10.9 Å². The zero-order valence-corrected chi connectivity index (χ0v) is 9.61. The first-order valence-electron chi connectivity index (χ1n) is 4.36. The topological polar surface area (TPSA) is 39.2 Å². The molecule has 0 spiro atoms. The average Bonchev–Trinajstić information content (AvgIpc) is 2.27. The van der Waals surface area contributed by atoms with Crippen LogP contribution >= 0.6 is 15.9 Å². The van der Waals surface area contributed by atoms with E-state index in [1.165, 1.54) is 7.11 Å². The van der Waals surface area contributed by atoms with E-state index in [1.807, 2.05) is 30.3 Å². The maximum Gasteiger partial charge on any atom is 0.357 e. The quantitative estimate of drug-likeness (QED) is 0.745. The number of benzene rings is 1. The summed E-state index contributed by atoms with van der Waals surface area (Å²) < 4.78 is 5.28. The summed E-state index contributed by atoms with van der Waals surface area (Å²) in [6.45, 7) is 0. The van der Waals surface area contributed by atoms with Crippen molar-refractivity contribution in [3.05, 3.63) is 40.5 Å². The fraction of sp³-hybridized carbons (Fsp3) is 0.0909. The molecule has 2 aromatic rings. The Bertz CT molecular complexity index is 525. The summed E-state index contributed by atoms with van der Waals surface area (Å²) in [4.78, 5) is 15.6. The van der Waals surface area contributed by atoms with E-state index in [2.05, 4.69) is 25.7 Å². The van der Waals surface area contributed by atoms with Gasteiger partial charge in [0.2, 0.25) is 0 Å². The number of para-hydroxylation sites is 1. The van der Waals surface area contributed by atoms with Gasteiger partial charge in [-0.15, -0.1) is 0 Å². The van der Waals surface area contributed by atoms with Crippen LogP contribution < -0.4 is 0 Å². The van der Waals surface area contributed by atoms with Gasteiger partial charge in [-0.05, 0) is 28.1 Å². The molecule has 0 aliphatic carbocycles. The average molecular weight is 266 g/mol. The molecule has 0 fully saturated rings. The highest BCUT2D eigenvalue weighted by Crippen LogP contribution is 2.21. The number of carbonyl (C=O) groups is 1. The van der Waals surface area contributed by atoms with Gasteiger partial charge in [0.15, 0.2) is 5.69 Å². The molecule has 2 rings (SSSR count). The molecule has 0 atom stereocenters. The van der Waals surface area contributed by atoms with Crippen LogP contribution in [0.3, 0.4) is 0 Å². The van der Waals surface area contributed by atoms with Gasteiger partial charge in [0, 0.05) is 5.39 Å². The molecule has 0 unspecified atom stereocenters. The number of fused-ring (bicyclic) bond motifs is 1. The Morgan fingerprint density at radius 1 is 1.40 bits per heavy atom. The summed E-state index contributed by atoms with van der Waals surface area (Å²) in [5.41, 5.74) is 1.08. The Labute approximate surface area is 95.2 Å². The fourth-order valence-corrected chi connectivity index (χ4v) is 1.83. The van der Waals surface area contributed by atoms with Crippen LogP contribution in [0.25, 0.3) is 10.9 Å². The first-order chi connectivity index (χ1) is 7.22. The van der Waals surface area contributed by atoms with Crippen molar-refractivity contribution in [2.75, 3.05) is 7.11 Å². The van der Waals surface area contributed by atoms with E-state index in [0.29, 0.717) is 10.2 Å². The number of ether oxygens (including phenoxy) is 1. The molecule has 76 valence electrons. The summed E-state index contributed by atoms with van der Waals surface area (Å²) in [6.07, 6.45) is 0. The smallest absolute Gasteiger partial charge is 0.357 e. The Morgan fingerprint density at radius 3 is 2.87 bits per heavy atom. The van der Waals surface area contributed by atoms with Crippen molar-refractivity contribution in [2.45, 2.75) is 0 Å². The molecule has 0 aliphatic rings. The van der Waals surface area contributed by atoms with Crippen LogP contribution in [-0.4, -0.2) is 18.1 Å². The minimum absolute atomic E-state index is 0.302. The van der Waals surface area contributed by atoms with Crippen LogP contribution in [0.2, 0.25) is 0 Å². The van der Waals surface area contributed by atoms with Gasteiger partial charge < -0.3 is 4.74 Å². The normalized spacial score (nSPS) is 10.3. The van der Waals surface area contributed by atoms with Gasteiger partial charge in [-0.2, -0.15) is 0 Å². The number of aromatic nitrogens is 1. The lowest BCUT2D eigenvalue weighted by Gasteiger charge is -2.03. The van der Waals surface area contributed by atoms with Gasteiger partial charge in [-0.3, -0.25) is 0 Å². The van der Waals surface area contributed by atoms with Crippen LogP contribution in [0.4, 0.5) is 0 Å². The van der Waals surface area contributed by atoms with Crippen molar-refractivity contribution in [3.63, 3.8) is 0 Å². The first-order valence-corrected chi connectivity index (χ1v) is 5.15. The minimum Gasteiger partial charge on any atom is -0.464 e. The predicted octanol–water partition coefficient (Wildman–Crippen LogP) is 2.78. The van der Waals surface area contributed by atoms with Crippen molar-refractivity contribution in [3.8, 4) is 0 Å². The van der Waals surface area contributed by atoms with Gasteiger partial charge in [0.25, 0.3) is 0 Å². The van der Waals surface area contributed by atoms with Crippen LogP contribution in [0.5, 0.6) is 0 Å². The zero-order chi connectivity index (χ0) is 10.8. The fourth-order valence-electron chi connectivity index (χ4n) is 1.33. The zero-order valence-electron chi connectivity index (χ0n) is 8.03. The lowest BCUT2D eigenvalue weighted by Crippen LogP contribution is -2.05. The van der Waals surface area contributed by atoms with Crippen LogP contribution in [0, 0.1) is 0 Å². The van der Waals surface area contributed by atoms with E-state index in [9.17, 15) is 4.79 Å². The molecule has 1 aromatic carbocycles. The number of methoxy groups -OCH3 is 1. The van der Waals surface area contributed by atoms with Gasteiger partial charge in [-0.25, -0.2) is 9.78 Å². The predicted molar refractivity (Wildman–Crippen MR) is 60.8 cm³/mol. The Hall–Kier alpha value is -1.42. The number of esters is 1. The van der Waals surface area contributed by atoms with Crippen molar-refractivity contribution in [1.29, 1.82) is 0 Å². The summed E-state index contributed by atoms with van der Waals surface area (Å²) in [7, 11) is 1.34. The number of hydrogen-bond donors (Lipinski definition) is 0. The number of hydrogen-bond acceptors (Lipinski definition) is 3. The molecule has 0 radical (unpaired) electrons. The Kier molecular flexibility index (Phi) is 2.68. The van der Waals surface area contributed by atoms with Gasteiger partial charge in [-0.1, -0.05) is 18.2 Å². The minimum atomic E-state index is -0.437. The molecule has 0 aliphatic heterocycles. The largest absolute Gasteiger partial charge is 0.464 e. The Morgan fingerprint density at radius 2 is 2.13 bits per heavy atom. The standard InChI is InChI=1S/C11H8BrNO2/c1-15-11(14)10-8(12)6-7-4-2-3-5-9(7)13-10/h2-6H,1H3. The van der Waals surface area contributed by atoms with Crippen molar-refractivity contribution in [2.24, 2.45) is 0 Å². The molecule has 1 aromatic heterocycles. The molecule has 3 nitrogen and oxygen atoms in total. The second-order valence-corrected chi connectivity index (χ2v) is 3.86. The summed E-state index contributed by atoms with van der Waals surface area (Å²) in [5, 5.41) is 0.983. The van der Waals surface area contributed by atoms with Crippen LogP contribution in [-0.2, 0) is 4.74 Å².